The summed E-state index contributed by atoms with van der Waals surface area (Å²) in [6.07, 6.45) is 5.85. The van der Waals surface area contributed by atoms with Gasteiger partial charge in [-0.3, -0.25) is 0 Å². The largest absolute Gasteiger partial charge is 0.465 e. The third kappa shape index (κ3) is 5.06. The quantitative estimate of drug-likeness (QED) is 0.668. The van der Waals surface area contributed by atoms with E-state index in [2.05, 4.69) is 6.92 Å². The number of esters is 1. The van der Waals surface area contributed by atoms with Crippen molar-refractivity contribution in [2.75, 3.05) is 13.4 Å². The number of hydrogen-bond acceptors (Lipinski definition) is 4. The smallest absolute Gasteiger partial charge is 0.338 e. The van der Waals surface area contributed by atoms with Crippen molar-refractivity contribution in [2.45, 2.75) is 63.7 Å². The molecule has 0 aliphatic carbocycles. The molecule has 1 aromatic rings. The predicted molar refractivity (Wildman–Crippen MR) is 92.8 cm³/mol. The highest BCUT2D eigenvalue weighted by Crippen LogP contribution is 2.31. The molecule has 0 heterocycles. The van der Waals surface area contributed by atoms with Crippen molar-refractivity contribution in [3.63, 3.8) is 0 Å². The summed E-state index contributed by atoms with van der Waals surface area (Å²) in [4.78, 5) is 12.3. The normalized spacial score (nSPS) is 12.9. The third-order valence-corrected chi connectivity index (χ3v) is 5.23. The minimum atomic E-state index is -3.41. The first-order chi connectivity index (χ1) is 10.8. The van der Waals surface area contributed by atoms with Crippen molar-refractivity contribution in [3.8, 4) is 0 Å². The van der Waals surface area contributed by atoms with E-state index in [-0.39, 0.29) is 10.8 Å². The predicted octanol–water partition coefficient (Wildman–Crippen LogP) is 4.12. The number of rotatable bonds is 8. The third-order valence-electron chi connectivity index (χ3n) is 4.08. The van der Waals surface area contributed by atoms with Crippen LogP contribution in [0.15, 0.2) is 17.0 Å². The van der Waals surface area contributed by atoms with Gasteiger partial charge in [0.2, 0.25) is 0 Å². The van der Waals surface area contributed by atoms with Crippen molar-refractivity contribution in [1.29, 1.82) is 0 Å². The molecule has 0 amide bonds. The Morgan fingerprint density at radius 2 is 1.87 bits per heavy atom. The molecule has 1 rings (SSSR count). The fraction of sp³-hybridized carbons (Fsp3) is 0.611. The van der Waals surface area contributed by atoms with Crippen molar-refractivity contribution in [2.24, 2.45) is 0 Å². The maximum Gasteiger partial charge on any atom is 0.338 e. The molecule has 1 atom stereocenters. The van der Waals surface area contributed by atoms with E-state index in [0.29, 0.717) is 5.56 Å². The van der Waals surface area contributed by atoms with Crippen molar-refractivity contribution in [3.05, 3.63) is 28.8 Å². The van der Waals surface area contributed by atoms with Crippen LogP contribution in [0, 0.1) is 0 Å². The van der Waals surface area contributed by atoms with Gasteiger partial charge >= 0.3 is 5.97 Å². The zero-order valence-electron chi connectivity index (χ0n) is 14.8. The minimum absolute atomic E-state index is 0.141. The van der Waals surface area contributed by atoms with Gasteiger partial charge in [-0.2, -0.15) is 0 Å². The van der Waals surface area contributed by atoms with E-state index >= 15 is 0 Å². The summed E-state index contributed by atoms with van der Waals surface area (Å²) < 4.78 is 29.2. The van der Waals surface area contributed by atoms with Crippen LogP contribution in [0.4, 0.5) is 0 Å². The minimum Gasteiger partial charge on any atom is -0.465 e. The molecule has 5 heteroatoms. The van der Waals surface area contributed by atoms with E-state index < -0.39 is 15.8 Å². The van der Waals surface area contributed by atoms with E-state index in [1.54, 1.807) is 0 Å². The van der Waals surface area contributed by atoms with Crippen LogP contribution in [-0.2, 0) is 21.0 Å². The number of hydrogen-bond donors (Lipinski definition) is 0. The number of unbranched alkanes of at least 4 members (excludes halogenated alkanes) is 1. The Bertz CT molecular complexity index is 647. The van der Waals surface area contributed by atoms with E-state index in [4.69, 9.17) is 4.74 Å². The molecule has 1 aromatic carbocycles. The lowest BCUT2D eigenvalue weighted by Gasteiger charge is -2.19. The Morgan fingerprint density at radius 3 is 2.35 bits per heavy atom. The van der Waals surface area contributed by atoms with Crippen LogP contribution < -0.4 is 0 Å². The van der Waals surface area contributed by atoms with Crippen LogP contribution in [0.2, 0.25) is 0 Å². The number of carbonyl (C=O) groups excluding carboxylic acids is 1. The lowest BCUT2D eigenvalue weighted by molar-refractivity contribution is 0.0599. The molecule has 0 aromatic heterocycles. The highest BCUT2D eigenvalue weighted by atomic mass is 32.2. The van der Waals surface area contributed by atoms with Gasteiger partial charge in [-0.25, -0.2) is 13.2 Å². The molecular weight excluding hydrogens is 312 g/mol. The maximum atomic E-state index is 12.2. The number of benzene rings is 1. The van der Waals surface area contributed by atoms with Gasteiger partial charge in [0.05, 0.1) is 17.6 Å². The Morgan fingerprint density at radius 1 is 1.22 bits per heavy atom. The summed E-state index contributed by atoms with van der Waals surface area (Å²) in [5.74, 6) is -0.340. The first kappa shape index (κ1) is 19.7. The second kappa shape index (κ2) is 8.48. The monoisotopic (exact) mass is 340 g/mol. The zero-order chi connectivity index (χ0) is 17.6. The average Bonchev–Trinajstić information content (AvgIpc) is 2.50. The Balaban J connectivity index is 3.53. The average molecular weight is 340 g/mol. The van der Waals surface area contributed by atoms with Gasteiger partial charge in [0.1, 0.15) is 0 Å². The van der Waals surface area contributed by atoms with Crippen molar-refractivity contribution >= 4 is 15.8 Å². The molecule has 0 aliphatic rings. The lowest BCUT2D eigenvalue weighted by Crippen LogP contribution is -2.12. The van der Waals surface area contributed by atoms with Crippen LogP contribution in [-0.4, -0.2) is 27.8 Å². The van der Waals surface area contributed by atoms with Gasteiger partial charge in [0.25, 0.3) is 0 Å². The zero-order valence-corrected chi connectivity index (χ0v) is 15.6. The van der Waals surface area contributed by atoms with E-state index in [1.165, 1.54) is 19.4 Å². The summed E-state index contributed by atoms with van der Waals surface area (Å²) in [5, 5.41) is 0. The van der Waals surface area contributed by atoms with E-state index in [9.17, 15) is 13.2 Å². The first-order valence-corrected chi connectivity index (χ1v) is 10.1. The first-order valence-electron chi connectivity index (χ1n) is 8.21. The topological polar surface area (TPSA) is 60.4 Å². The van der Waals surface area contributed by atoms with Gasteiger partial charge < -0.3 is 4.74 Å². The molecule has 0 N–H and O–H groups in total. The molecule has 0 fully saturated rings. The van der Waals surface area contributed by atoms with Crippen LogP contribution in [0.3, 0.4) is 0 Å². The molecule has 0 aliphatic heterocycles. The van der Waals surface area contributed by atoms with Gasteiger partial charge in [0.15, 0.2) is 9.84 Å². The Hall–Kier alpha value is -1.36. The molecule has 0 bridgehead atoms. The second-order valence-corrected chi connectivity index (χ2v) is 8.09. The number of sulfone groups is 1. The summed E-state index contributed by atoms with van der Waals surface area (Å²) in [6.45, 7) is 6.20. The van der Waals surface area contributed by atoms with Gasteiger partial charge in [-0.1, -0.05) is 46.1 Å². The maximum absolute atomic E-state index is 12.2. The number of carbonyl (C=O) groups is 1. The molecular formula is C18H28O4S. The van der Waals surface area contributed by atoms with Crippen LogP contribution in [0.25, 0.3) is 0 Å². The summed E-state index contributed by atoms with van der Waals surface area (Å²) in [7, 11) is -2.09. The fourth-order valence-corrected chi connectivity index (χ4v) is 3.81. The van der Waals surface area contributed by atoms with Gasteiger partial charge in [-0.15, -0.1) is 0 Å². The Labute approximate surface area is 140 Å². The Kier molecular flexibility index (Phi) is 7.26. The summed E-state index contributed by atoms with van der Waals surface area (Å²) in [5.41, 5.74) is 2.04. The molecule has 0 saturated carbocycles. The SMILES string of the molecule is CCCCC(C)c1cc(CCC)c(C(=O)OC)cc1S(C)(=O)=O. The van der Waals surface area contributed by atoms with Crippen LogP contribution in [0.1, 0.15) is 73.9 Å². The lowest BCUT2D eigenvalue weighted by atomic mass is 9.91. The van der Waals surface area contributed by atoms with E-state index in [0.717, 1.165) is 43.2 Å². The molecule has 130 valence electrons. The molecule has 0 spiro atoms. The fourth-order valence-electron chi connectivity index (χ4n) is 2.79. The molecule has 4 nitrogen and oxygen atoms in total. The number of methoxy groups -OCH3 is 1. The highest BCUT2D eigenvalue weighted by molar-refractivity contribution is 7.90. The summed E-state index contributed by atoms with van der Waals surface area (Å²) in [6, 6.07) is 3.40. The van der Waals surface area contributed by atoms with E-state index in [1.807, 2.05) is 19.9 Å². The molecule has 1 unspecified atom stereocenters. The second-order valence-electron chi connectivity index (χ2n) is 6.10. The van der Waals surface area contributed by atoms with Crippen molar-refractivity contribution < 1.29 is 17.9 Å². The number of aryl methyl sites for hydroxylation is 1. The van der Waals surface area contributed by atoms with Gasteiger partial charge in [-0.05, 0) is 36.0 Å². The summed E-state index contributed by atoms with van der Waals surface area (Å²) >= 11 is 0. The molecule has 0 radical (unpaired) electrons. The molecule has 0 saturated heterocycles. The van der Waals surface area contributed by atoms with Gasteiger partial charge in [0, 0.05) is 6.26 Å². The highest BCUT2D eigenvalue weighted by Gasteiger charge is 2.23. The van der Waals surface area contributed by atoms with Crippen LogP contribution >= 0.6 is 0 Å². The van der Waals surface area contributed by atoms with Crippen LogP contribution in [0.5, 0.6) is 0 Å². The standard InChI is InChI=1S/C18H28O4S/c1-6-8-10-13(3)15-11-14(9-7-2)16(18(19)22-4)12-17(15)23(5,20)21/h11-13H,6-10H2,1-5H3. The molecule has 23 heavy (non-hydrogen) atoms. The number of ether oxygens (including phenoxy) is 1. The van der Waals surface area contributed by atoms with Crippen molar-refractivity contribution in [1.82, 2.24) is 0 Å².